The Morgan fingerprint density at radius 1 is 1.15 bits per heavy atom. The van der Waals surface area contributed by atoms with Gasteiger partial charge in [0.2, 0.25) is 0 Å². The summed E-state index contributed by atoms with van der Waals surface area (Å²) in [7, 11) is 0. The van der Waals surface area contributed by atoms with Crippen LogP contribution in [0.5, 0.6) is 0 Å². The van der Waals surface area contributed by atoms with Crippen LogP contribution in [0.15, 0.2) is 41.5 Å². The van der Waals surface area contributed by atoms with E-state index in [0.29, 0.717) is 0 Å². The van der Waals surface area contributed by atoms with Crippen molar-refractivity contribution in [2.45, 2.75) is 0 Å². The Morgan fingerprint density at radius 3 is 2.85 bits per heavy atom. The number of rotatable bonds is 1. The van der Waals surface area contributed by atoms with Crippen molar-refractivity contribution in [1.82, 2.24) is 4.98 Å². The minimum Gasteiger partial charge on any atom is -0.256 e. The molecule has 13 heavy (non-hydrogen) atoms. The summed E-state index contributed by atoms with van der Waals surface area (Å²) in [5, 5.41) is 1.18. The first kappa shape index (κ1) is 8.45. The first-order chi connectivity index (χ1) is 6.42. The molecule has 0 aliphatic rings. The van der Waals surface area contributed by atoms with Crippen LogP contribution in [-0.4, -0.2) is 4.98 Å². The third kappa shape index (κ3) is 1.63. The van der Waals surface area contributed by atoms with E-state index in [1.807, 2.05) is 41.5 Å². The molecule has 2 aromatic rings. The van der Waals surface area contributed by atoms with Crippen molar-refractivity contribution in [2.75, 3.05) is 0 Å². The summed E-state index contributed by atoms with van der Waals surface area (Å²) in [5.41, 5.74) is 2.22. The second-order valence-corrected chi connectivity index (χ2v) is 3.24. The van der Waals surface area contributed by atoms with Gasteiger partial charge in [-0.25, -0.2) is 0 Å². The zero-order chi connectivity index (χ0) is 9.10. The molecule has 0 saturated carbocycles. The summed E-state index contributed by atoms with van der Waals surface area (Å²) < 4.78 is 0. The highest BCUT2D eigenvalue weighted by Crippen LogP contribution is 2.17. The van der Waals surface area contributed by atoms with Crippen LogP contribution >= 0.6 is 15.9 Å². The van der Waals surface area contributed by atoms with Gasteiger partial charge in [-0.05, 0) is 28.8 Å². The number of hydrogen-bond donors (Lipinski definition) is 0. The van der Waals surface area contributed by atoms with Crippen LogP contribution in [0.4, 0.5) is 0 Å². The molecule has 1 aromatic heterocycles. The van der Waals surface area contributed by atoms with Gasteiger partial charge in [-0.15, -0.1) is 0 Å². The molecule has 0 aliphatic heterocycles. The van der Waals surface area contributed by atoms with Gasteiger partial charge in [0.1, 0.15) is 0 Å². The van der Waals surface area contributed by atoms with Crippen LogP contribution in [0.25, 0.3) is 17.0 Å². The highest BCUT2D eigenvalue weighted by atomic mass is 79.9. The average Bonchev–Trinajstić information content (AvgIpc) is 2.19. The Kier molecular flexibility index (Phi) is 2.41. The van der Waals surface area contributed by atoms with Crippen LogP contribution in [0.1, 0.15) is 5.56 Å². The minimum atomic E-state index is 1.03. The fourth-order valence-corrected chi connectivity index (χ4v) is 1.62. The predicted octanol–water partition coefficient (Wildman–Crippen LogP) is 3.60. The summed E-state index contributed by atoms with van der Waals surface area (Å²) in [4.78, 5) is 6.13. The maximum absolute atomic E-state index is 4.27. The van der Waals surface area contributed by atoms with E-state index in [4.69, 9.17) is 0 Å². The van der Waals surface area contributed by atoms with Crippen molar-refractivity contribution in [2.24, 2.45) is 0 Å². The number of aromatic nitrogens is 1. The summed E-state index contributed by atoms with van der Waals surface area (Å²) in [5.74, 6) is 0. The van der Waals surface area contributed by atoms with Crippen molar-refractivity contribution < 1.29 is 0 Å². The molecule has 0 atom stereocenters. The molecule has 64 valence electrons. The number of para-hydroxylation sites is 1. The number of halogens is 1. The second kappa shape index (κ2) is 3.71. The van der Waals surface area contributed by atoms with Crippen molar-refractivity contribution in [1.29, 1.82) is 0 Å². The highest BCUT2D eigenvalue weighted by molar-refractivity contribution is 9.11. The number of fused-ring (bicyclic) bond motifs is 1. The topological polar surface area (TPSA) is 12.9 Å². The quantitative estimate of drug-likeness (QED) is 0.734. The van der Waals surface area contributed by atoms with Crippen LogP contribution in [-0.2, 0) is 0 Å². The van der Waals surface area contributed by atoms with E-state index in [0.717, 1.165) is 5.52 Å². The molecular weight excluding hydrogens is 226 g/mol. The second-order valence-electron chi connectivity index (χ2n) is 2.71. The van der Waals surface area contributed by atoms with Crippen LogP contribution in [0.2, 0.25) is 0 Å². The van der Waals surface area contributed by atoms with Crippen molar-refractivity contribution >= 4 is 32.9 Å². The number of benzene rings is 1. The Balaban J connectivity index is 2.75. The van der Waals surface area contributed by atoms with Gasteiger partial charge in [0.05, 0.1) is 5.52 Å². The van der Waals surface area contributed by atoms with E-state index in [-0.39, 0.29) is 0 Å². The largest absolute Gasteiger partial charge is 0.256 e. The van der Waals surface area contributed by atoms with Crippen molar-refractivity contribution in [3.63, 3.8) is 0 Å². The molecule has 0 saturated heterocycles. The first-order valence-electron chi connectivity index (χ1n) is 4.02. The maximum atomic E-state index is 4.27. The number of pyridine rings is 1. The summed E-state index contributed by atoms with van der Waals surface area (Å²) in [6.45, 7) is 0. The molecule has 0 unspecified atom stereocenters. The maximum Gasteiger partial charge on any atom is 0.0707 e. The monoisotopic (exact) mass is 233 g/mol. The molecule has 0 spiro atoms. The molecule has 1 nitrogen and oxygen atoms in total. The van der Waals surface area contributed by atoms with Gasteiger partial charge >= 0.3 is 0 Å². The predicted molar refractivity (Wildman–Crippen MR) is 59.7 cm³/mol. The molecule has 0 fully saturated rings. The molecule has 0 bridgehead atoms. The Bertz CT molecular complexity index is 443. The fourth-order valence-electron chi connectivity index (χ4n) is 1.33. The summed E-state index contributed by atoms with van der Waals surface area (Å²) in [6.07, 6.45) is 3.84. The van der Waals surface area contributed by atoms with Crippen molar-refractivity contribution in [3.8, 4) is 0 Å². The van der Waals surface area contributed by atoms with Gasteiger partial charge in [0.15, 0.2) is 0 Å². The molecule has 2 heteroatoms. The van der Waals surface area contributed by atoms with E-state index in [1.165, 1.54) is 10.9 Å². The molecule has 1 aromatic carbocycles. The van der Waals surface area contributed by atoms with Gasteiger partial charge in [0, 0.05) is 11.6 Å². The molecular formula is C11H8BrN. The van der Waals surface area contributed by atoms with E-state index in [9.17, 15) is 0 Å². The summed E-state index contributed by atoms with van der Waals surface area (Å²) in [6, 6.07) is 10.1. The van der Waals surface area contributed by atoms with Crippen LogP contribution in [0, 0.1) is 0 Å². The lowest BCUT2D eigenvalue weighted by atomic mass is 10.1. The van der Waals surface area contributed by atoms with Gasteiger partial charge in [-0.2, -0.15) is 0 Å². The first-order valence-corrected chi connectivity index (χ1v) is 4.94. The molecule has 0 aliphatic carbocycles. The lowest BCUT2D eigenvalue weighted by molar-refractivity contribution is 1.41. The van der Waals surface area contributed by atoms with E-state index < -0.39 is 0 Å². The standard InChI is InChI=1S/C11H8BrN/c12-7-5-9-6-8-13-11-4-2-1-3-10(9)11/h1-8H. The normalized spacial score (nSPS) is 11.2. The SMILES string of the molecule is BrC=Cc1ccnc2ccccc12. The van der Waals surface area contributed by atoms with Gasteiger partial charge in [0.25, 0.3) is 0 Å². The molecule has 0 amide bonds. The molecule has 2 rings (SSSR count). The van der Waals surface area contributed by atoms with E-state index in [1.54, 1.807) is 0 Å². The Labute approximate surface area is 85.2 Å². The lowest BCUT2D eigenvalue weighted by Crippen LogP contribution is -1.80. The van der Waals surface area contributed by atoms with Gasteiger partial charge in [-0.3, -0.25) is 4.98 Å². The zero-order valence-corrected chi connectivity index (χ0v) is 8.53. The molecule has 1 heterocycles. The van der Waals surface area contributed by atoms with Crippen LogP contribution < -0.4 is 0 Å². The molecule has 0 N–H and O–H groups in total. The van der Waals surface area contributed by atoms with E-state index in [2.05, 4.69) is 27.0 Å². The third-order valence-electron chi connectivity index (χ3n) is 1.93. The van der Waals surface area contributed by atoms with E-state index >= 15 is 0 Å². The molecule has 0 radical (unpaired) electrons. The lowest BCUT2D eigenvalue weighted by Gasteiger charge is -1.99. The minimum absolute atomic E-state index is 1.03. The highest BCUT2D eigenvalue weighted by Gasteiger charge is 1.96. The smallest absolute Gasteiger partial charge is 0.0707 e. The van der Waals surface area contributed by atoms with Crippen molar-refractivity contribution in [3.05, 3.63) is 47.1 Å². The Hall–Kier alpha value is -1.15. The number of hydrogen-bond acceptors (Lipinski definition) is 1. The van der Waals surface area contributed by atoms with Gasteiger partial charge in [-0.1, -0.05) is 34.1 Å². The average molecular weight is 234 g/mol. The Morgan fingerprint density at radius 2 is 2.00 bits per heavy atom. The zero-order valence-electron chi connectivity index (χ0n) is 6.94. The number of nitrogens with zero attached hydrogens (tertiary/aromatic N) is 1. The third-order valence-corrected chi connectivity index (χ3v) is 2.19. The van der Waals surface area contributed by atoms with Crippen LogP contribution in [0.3, 0.4) is 0 Å². The fraction of sp³-hybridized carbons (Fsp3) is 0. The van der Waals surface area contributed by atoms with Gasteiger partial charge < -0.3 is 0 Å². The summed E-state index contributed by atoms with van der Waals surface area (Å²) >= 11 is 3.27.